The van der Waals surface area contributed by atoms with Gasteiger partial charge in [0.15, 0.2) is 23.9 Å². The van der Waals surface area contributed by atoms with E-state index < -0.39 is 36.9 Å². The van der Waals surface area contributed by atoms with Crippen molar-refractivity contribution in [3.63, 3.8) is 0 Å². The van der Waals surface area contributed by atoms with Crippen molar-refractivity contribution in [3.8, 4) is 28.7 Å². The summed E-state index contributed by atoms with van der Waals surface area (Å²) in [5.41, 5.74) is 0.777. The number of ketones is 1. The van der Waals surface area contributed by atoms with Gasteiger partial charge in [0.05, 0.1) is 33.3 Å². The van der Waals surface area contributed by atoms with Crippen LogP contribution in [0.1, 0.15) is 22.3 Å². The number of Topliss-reactive ketones (excluding diaryl/α,β-unsaturated/α-hetero) is 1. The lowest BCUT2D eigenvalue weighted by atomic mass is 10.1. The minimum Gasteiger partial charge on any atom is -0.496 e. The Morgan fingerprint density at radius 3 is 2.28 bits per heavy atom. The first-order valence-electron chi connectivity index (χ1n) is 10.4. The van der Waals surface area contributed by atoms with Crippen molar-refractivity contribution in [1.82, 2.24) is 5.32 Å². The molecule has 3 rings (SSSR count). The topological polar surface area (TPSA) is 167 Å². The van der Waals surface area contributed by atoms with Crippen molar-refractivity contribution in [3.05, 3.63) is 47.2 Å². The molecule has 1 heterocycles. The summed E-state index contributed by atoms with van der Waals surface area (Å²) in [6, 6.07) is 5.95. The number of nitrogens with one attached hydrogen (secondary N) is 1. The third-order valence-electron chi connectivity index (χ3n) is 5.05. The summed E-state index contributed by atoms with van der Waals surface area (Å²) in [5, 5.41) is 19.8. The van der Waals surface area contributed by atoms with Gasteiger partial charge in [0.1, 0.15) is 23.3 Å². The predicted octanol–water partition coefficient (Wildman–Crippen LogP) is 1.75. The van der Waals surface area contributed by atoms with Gasteiger partial charge in [-0.25, -0.2) is 4.79 Å². The van der Waals surface area contributed by atoms with E-state index in [2.05, 4.69) is 5.32 Å². The van der Waals surface area contributed by atoms with Gasteiger partial charge in [-0.2, -0.15) is 0 Å². The SMILES string of the molecule is COc1cc(OC)c(OC)cc1C=C1Oc2cc(OCC(=O)NC(CC(=O)O)C(=O)O)ccc2C1=O. The molecule has 0 bridgehead atoms. The fraction of sp³-hybridized carbons (Fsp3) is 0.250. The van der Waals surface area contributed by atoms with Crippen LogP contribution < -0.4 is 29.0 Å². The van der Waals surface area contributed by atoms with Crippen LogP contribution in [0, 0.1) is 0 Å². The number of carboxylic acid groups (broad SMARTS) is 2. The highest BCUT2D eigenvalue weighted by Gasteiger charge is 2.29. The maximum Gasteiger partial charge on any atom is 0.326 e. The van der Waals surface area contributed by atoms with Crippen LogP contribution in [0.15, 0.2) is 36.1 Å². The van der Waals surface area contributed by atoms with E-state index in [-0.39, 0.29) is 28.6 Å². The summed E-state index contributed by atoms with van der Waals surface area (Å²) < 4.78 is 27.0. The zero-order chi connectivity index (χ0) is 26.4. The van der Waals surface area contributed by atoms with Gasteiger partial charge in [0, 0.05) is 17.7 Å². The molecule has 12 nitrogen and oxygen atoms in total. The van der Waals surface area contributed by atoms with Crippen LogP contribution in [-0.4, -0.2) is 67.8 Å². The molecule has 0 saturated heterocycles. The van der Waals surface area contributed by atoms with Gasteiger partial charge in [-0.3, -0.25) is 14.4 Å². The second kappa shape index (κ2) is 11.1. The first-order chi connectivity index (χ1) is 17.2. The van der Waals surface area contributed by atoms with Crippen molar-refractivity contribution in [2.75, 3.05) is 27.9 Å². The summed E-state index contributed by atoms with van der Waals surface area (Å²) in [6.45, 7) is -0.582. The van der Waals surface area contributed by atoms with E-state index in [1.807, 2.05) is 0 Å². The number of allylic oxidation sites excluding steroid dienone is 1. The number of carboxylic acids is 2. The second-order valence-electron chi connectivity index (χ2n) is 7.39. The van der Waals surface area contributed by atoms with Gasteiger partial charge >= 0.3 is 11.9 Å². The van der Waals surface area contributed by atoms with Gasteiger partial charge < -0.3 is 39.2 Å². The van der Waals surface area contributed by atoms with E-state index in [4.69, 9.17) is 33.9 Å². The van der Waals surface area contributed by atoms with Crippen molar-refractivity contribution in [2.45, 2.75) is 12.5 Å². The van der Waals surface area contributed by atoms with Crippen LogP contribution in [0.25, 0.3) is 6.08 Å². The monoisotopic (exact) mass is 501 g/mol. The largest absolute Gasteiger partial charge is 0.496 e. The van der Waals surface area contributed by atoms with Crippen LogP contribution in [0.5, 0.6) is 28.7 Å². The van der Waals surface area contributed by atoms with E-state index in [0.717, 1.165) is 0 Å². The maximum absolute atomic E-state index is 12.8. The molecule has 0 saturated carbocycles. The van der Waals surface area contributed by atoms with Crippen LogP contribution >= 0.6 is 0 Å². The normalized spacial score (nSPS) is 13.9. The third-order valence-corrected chi connectivity index (χ3v) is 5.05. The molecule has 0 aliphatic carbocycles. The second-order valence-corrected chi connectivity index (χ2v) is 7.39. The van der Waals surface area contributed by atoms with E-state index in [0.29, 0.717) is 22.8 Å². The summed E-state index contributed by atoms with van der Waals surface area (Å²) in [7, 11) is 4.43. The molecule has 12 heteroatoms. The summed E-state index contributed by atoms with van der Waals surface area (Å²) in [4.78, 5) is 46.6. The number of benzene rings is 2. The number of fused-ring (bicyclic) bond motifs is 1. The number of hydrogen-bond acceptors (Lipinski definition) is 9. The Balaban J connectivity index is 1.74. The first kappa shape index (κ1) is 25.9. The van der Waals surface area contributed by atoms with Gasteiger partial charge in [-0.05, 0) is 24.3 Å². The Bertz CT molecular complexity index is 1230. The van der Waals surface area contributed by atoms with E-state index >= 15 is 0 Å². The third kappa shape index (κ3) is 5.84. The zero-order valence-corrected chi connectivity index (χ0v) is 19.5. The molecule has 1 aliphatic heterocycles. The van der Waals surface area contributed by atoms with E-state index in [1.165, 1.54) is 45.6 Å². The van der Waals surface area contributed by atoms with Crippen LogP contribution in [0.2, 0.25) is 0 Å². The Morgan fingerprint density at radius 1 is 1.00 bits per heavy atom. The molecule has 1 aliphatic rings. The highest BCUT2D eigenvalue weighted by atomic mass is 16.5. The molecule has 2 aromatic rings. The number of methoxy groups -OCH3 is 3. The first-order valence-corrected chi connectivity index (χ1v) is 10.4. The van der Waals surface area contributed by atoms with Crippen molar-refractivity contribution < 1.29 is 53.1 Å². The molecule has 1 atom stereocenters. The smallest absolute Gasteiger partial charge is 0.326 e. The Kier molecular flexibility index (Phi) is 8.00. The Hall–Kier alpha value is -4.74. The molecule has 1 amide bonds. The average molecular weight is 501 g/mol. The number of rotatable bonds is 11. The number of amides is 1. The fourth-order valence-corrected chi connectivity index (χ4v) is 3.32. The number of ether oxygens (including phenoxy) is 5. The number of aliphatic carboxylic acids is 2. The number of carbonyl (C=O) groups excluding carboxylic acids is 2. The number of hydrogen-bond donors (Lipinski definition) is 3. The zero-order valence-electron chi connectivity index (χ0n) is 19.5. The highest BCUT2D eigenvalue weighted by molar-refractivity contribution is 6.14. The predicted molar refractivity (Wildman–Crippen MR) is 123 cm³/mol. The Labute approximate surface area is 205 Å². The molecule has 3 N–H and O–H groups in total. The molecule has 0 radical (unpaired) electrons. The molecule has 0 fully saturated rings. The lowest BCUT2D eigenvalue weighted by molar-refractivity contribution is -0.147. The standard InChI is InChI=1S/C24H23NO11/c1-32-16-10-19(34-3)18(33-2)6-12(16)7-20-23(29)14-5-4-13(8-17(14)36-20)35-11-21(26)25-15(24(30)31)9-22(27)28/h4-8,10,15H,9,11H2,1-3H3,(H,25,26)(H,27,28)(H,30,31). The van der Waals surface area contributed by atoms with Crippen LogP contribution in [0.4, 0.5) is 0 Å². The molecule has 190 valence electrons. The minimum absolute atomic E-state index is 0.0170. The van der Waals surface area contributed by atoms with Gasteiger partial charge in [-0.15, -0.1) is 0 Å². The maximum atomic E-state index is 12.8. The van der Waals surface area contributed by atoms with Gasteiger partial charge in [-0.1, -0.05) is 0 Å². The highest BCUT2D eigenvalue weighted by Crippen LogP contribution is 2.39. The van der Waals surface area contributed by atoms with Crippen molar-refractivity contribution in [2.24, 2.45) is 0 Å². The van der Waals surface area contributed by atoms with Crippen LogP contribution in [-0.2, 0) is 14.4 Å². The fourth-order valence-electron chi connectivity index (χ4n) is 3.32. The quantitative estimate of drug-likeness (QED) is 0.384. The van der Waals surface area contributed by atoms with E-state index in [1.54, 1.807) is 12.1 Å². The molecule has 2 aromatic carbocycles. The Morgan fingerprint density at radius 2 is 1.67 bits per heavy atom. The molecule has 0 aromatic heterocycles. The van der Waals surface area contributed by atoms with Crippen molar-refractivity contribution in [1.29, 1.82) is 0 Å². The lowest BCUT2D eigenvalue weighted by Crippen LogP contribution is -2.44. The molecular weight excluding hydrogens is 478 g/mol. The summed E-state index contributed by atoms with van der Waals surface area (Å²) in [6.07, 6.45) is 0.710. The van der Waals surface area contributed by atoms with Crippen molar-refractivity contribution >= 4 is 29.7 Å². The molecule has 0 spiro atoms. The molecule has 1 unspecified atom stereocenters. The number of carbonyl (C=O) groups is 4. The van der Waals surface area contributed by atoms with Gasteiger partial charge in [0.2, 0.25) is 5.78 Å². The minimum atomic E-state index is -1.60. The van der Waals surface area contributed by atoms with Gasteiger partial charge in [0.25, 0.3) is 5.91 Å². The lowest BCUT2D eigenvalue weighted by Gasteiger charge is -2.13. The van der Waals surface area contributed by atoms with E-state index in [9.17, 15) is 19.2 Å². The molecular formula is C24H23NO11. The summed E-state index contributed by atoms with van der Waals surface area (Å²) in [5.74, 6) is -2.40. The molecule has 36 heavy (non-hydrogen) atoms. The van der Waals surface area contributed by atoms with Crippen LogP contribution in [0.3, 0.4) is 0 Å². The summed E-state index contributed by atoms with van der Waals surface area (Å²) >= 11 is 0. The average Bonchev–Trinajstić information content (AvgIpc) is 3.15.